The van der Waals surface area contributed by atoms with Crippen molar-refractivity contribution in [1.29, 1.82) is 0 Å². The van der Waals surface area contributed by atoms with Crippen LogP contribution in [0.4, 0.5) is 9.18 Å². The third-order valence-electron chi connectivity index (χ3n) is 3.85. The van der Waals surface area contributed by atoms with E-state index in [0.717, 1.165) is 5.56 Å². The van der Waals surface area contributed by atoms with E-state index >= 15 is 0 Å². The molecule has 0 radical (unpaired) electrons. The Morgan fingerprint density at radius 1 is 1.45 bits per heavy atom. The highest BCUT2D eigenvalue weighted by molar-refractivity contribution is 7.91. The van der Waals surface area contributed by atoms with Crippen LogP contribution in [-0.2, 0) is 16.3 Å². The molecule has 7 heteroatoms. The largest absolute Gasteiger partial charge is 0.338 e. The summed E-state index contributed by atoms with van der Waals surface area (Å²) in [6.07, 6.45) is 3.09. The van der Waals surface area contributed by atoms with Crippen LogP contribution in [0.25, 0.3) is 0 Å². The summed E-state index contributed by atoms with van der Waals surface area (Å²) < 4.78 is 35.9. The molecule has 0 aromatic heterocycles. The summed E-state index contributed by atoms with van der Waals surface area (Å²) in [5.74, 6) is -0.259. The predicted octanol–water partition coefficient (Wildman–Crippen LogP) is 1.59. The Kier molecular flexibility index (Phi) is 5.39. The van der Waals surface area contributed by atoms with Crippen LogP contribution in [0, 0.1) is 5.82 Å². The number of hydrogen-bond donors (Lipinski definition) is 1. The van der Waals surface area contributed by atoms with Gasteiger partial charge < -0.3 is 10.2 Å². The first-order chi connectivity index (χ1) is 10.4. The average Bonchev–Trinajstić information content (AvgIpc) is 2.93. The predicted molar refractivity (Wildman–Crippen MR) is 82.9 cm³/mol. The summed E-state index contributed by atoms with van der Waals surface area (Å²) in [5, 5.41) is 2.33. The van der Waals surface area contributed by atoms with Gasteiger partial charge in [-0.25, -0.2) is 17.6 Å². The van der Waals surface area contributed by atoms with Gasteiger partial charge in [0.15, 0.2) is 9.84 Å². The van der Waals surface area contributed by atoms with E-state index in [-0.39, 0.29) is 18.4 Å². The number of carbonyl (C=O) groups is 1. The number of urea groups is 1. The van der Waals surface area contributed by atoms with Gasteiger partial charge in [-0.15, -0.1) is 0 Å². The molecule has 1 aliphatic heterocycles. The highest BCUT2D eigenvalue weighted by atomic mass is 32.2. The Morgan fingerprint density at radius 3 is 2.86 bits per heavy atom. The molecule has 1 fully saturated rings. The number of nitrogens with one attached hydrogen (secondary N) is 1. The summed E-state index contributed by atoms with van der Waals surface area (Å²) in [6.45, 7) is 1.21. The molecule has 1 aromatic carbocycles. The summed E-state index contributed by atoms with van der Waals surface area (Å²) in [6, 6.07) is 6.17. The van der Waals surface area contributed by atoms with Gasteiger partial charge in [0, 0.05) is 25.9 Å². The minimum Gasteiger partial charge on any atom is -0.338 e. The molecule has 0 unspecified atom stereocenters. The number of benzene rings is 1. The lowest BCUT2D eigenvalue weighted by Gasteiger charge is -2.17. The van der Waals surface area contributed by atoms with Crippen LogP contribution in [0.15, 0.2) is 24.3 Å². The van der Waals surface area contributed by atoms with Gasteiger partial charge >= 0.3 is 6.03 Å². The van der Waals surface area contributed by atoms with Crippen LogP contribution in [0.1, 0.15) is 18.4 Å². The van der Waals surface area contributed by atoms with Crippen LogP contribution >= 0.6 is 0 Å². The normalized spacial score (nSPS) is 18.5. The Hall–Kier alpha value is -1.63. The molecule has 2 rings (SSSR count). The lowest BCUT2D eigenvalue weighted by Crippen LogP contribution is -2.40. The van der Waals surface area contributed by atoms with Crippen molar-refractivity contribution < 1.29 is 17.6 Å². The second-order valence-corrected chi connectivity index (χ2v) is 7.98. The zero-order valence-corrected chi connectivity index (χ0v) is 13.4. The van der Waals surface area contributed by atoms with Crippen molar-refractivity contribution in [3.8, 4) is 0 Å². The molecule has 0 spiro atoms. The first kappa shape index (κ1) is 16.7. The van der Waals surface area contributed by atoms with Crippen molar-refractivity contribution in [2.75, 3.05) is 25.9 Å². The maximum atomic E-state index is 13.0. The summed E-state index contributed by atoms with van der Waals surface area (Å²) in [7, 11) is -3.09. The second kappa shape index (κ2) is 7.09. The van der Waals surface area contributed by atoms with E-state index in [0.29, 0.717) is 32.4 Å². The van der Waals surface area contributed by atoms with Crippen molar-refractivity contribution in [3.63, 3.8) is 0 Å². The molecule has 0 saturated carbocycles. The van der Waals surface area contributed by atoms with Gasteiger partial charge in [-0.3, -0.25) is 0 Å². The van der Waals surface area contributed by atoms with Crippen molar-refractivity contribution in [3.05, 3.63) is 35.6 Å². The van der Waals surface area contributed by atoms with Crippen molar-refractivity contribution >= 4 is 15.9 Å². The first-order valence-electron chi connectivity index (χ1n) is 7.32. The zero-order valence-electron chi connectivity index (χ0n) is 12.6. The number of halogens is 1. The van der Waals surface area contributed by atoms with Gasteiger partial charge in [0.05, 0.1) is 5.25 Å². The van der Waals surface area contributed by atoms with Crippen LogP contribution < -0.4 is 5.32 Å². The molecule has 0 bridgehead atoms. The van der Waals surface area contributed by atoms with Crippen LogP contribution in [0.2, 0.25) is 0 Å². The molecule has 1 saturated heterocycles. The summed E-state index contributed by atoms with van der Waals surface area (Å²) >= 11 is 0. The van der Waals surface area contributed by atoms with Crippen molar-refractivity contribution in [1.82, 2.24) is 10.2 Å². The Labute approximate surface area is 130 Å². The molecule has 1 aromatic rings. The zero-order chi connectivity index (χ0) is 16.2. The van der Waals surface area contributed by atoms with Crippen molar-refractivity contribution in [2.24, 2.45) is 0 Å². The van der Waals surface area contributed by atoms with E-state index < -0.39 is 15.1 Å². The van der Waals surface area contributed by atoms with E-state index in [1.54, 1.807) is 6.07 Å². The maximum Gasteiger partial charge on any atom is 0.317 e. The van der Waals surface area contributed by atoms with Gasteiger partial charge in [-0.05, 0) is 37.0 Å². The first-order valence-corrected chi connectivity index (χ1v) is 9.28. The molecule has 5 nitrogen and oxygen atoms in total. The minimum absolute atomic E-state index is 0.231. The van der Waals surface area contributed by atoms with Crippen LogP contribution in [0.3, 0.4) is 0 Å². The Bertz CT molecular complexity index is 633. The van der Waals surface area contributed by atoms with Gasteiger partial charge in [0.25, 0.3) is 0 Å². The third kappa shape index (κ3) is 4.69. The van der Waals surface area contributed by atoms with E-state index in [1.165, 1.54) is 23.3 Å². The van der Waals surface area contributed by atoms with E-state index in [1.807, 2.05) is 6.07 Å². The fourth-order valence-electron chi connectivity index (χ4n) is 2.55. The van der Waals surface area contributed by atoms with E-state index in [2.05, 4.69) is 5.32 Å². The monoisotopic (exact) mass is 328 g/mol. The van der Waals surface area contributed by atoms with Crippen LogP contribution in [0.5, 0.6) is 0 Å². The molecule has 1 heterocycles. The molecule has 1 N–H and O–H groups in total. The molecule has 1 aliphatic rings. The van der Waals surface area contributed by atoms with Crippen LogP contribution in [-0.4, -0.2) is 50.5 Å². The SMILES string of the molecule is CS(=O)(=O)[C@H]1CCN(C(=O)NCCCc2cccc(F)c2)C1. The third-order valence-corrected chi connectivity index (χ3v) is 5.44. The molecular formula is C15H21FN2O3S. The van der Waals surface area contributed by atoms with E-state index in [9.17, 15) is 17.6 Å². The molecule has 122 valence electrons. The molecule has 1 atom stereocenters. The number of carbonyl (C=O) groups excluding carboxylic acids is 1. The van der Waals surface area contributed by atoms with Gasteiger partial charge in [0.1, 0.15) is 5.82 Å². The Balaban J connectivity index is 1.70. The number of aryl methyl sites for hydroxylation is 1. The number of amides is 2. The molecule has 0 aliphatic carbocycles. The summed E-state index contributed by atoms with van der Waals surface area (Å²) in [4.78, 5) is 13.5. The lowest BCUT2D eigenvalue weighted by molar-refractivity contribution is 0.209. The quantitative estimate of drug-likeness (QED) is 0.835. The smallest absolute Gasteiger partial charge is 0.317 e. The highest BCUT2D eigenvalue weighted by Crippen LogP contribution is 2.16. The topological polar surface area (TPSA) is 66.5 Å². The van der Waals surface area contributed by atoms with Gasteiger partial charge in [-0.2, -0.15) is 0 Å². The average molecular weight is 328 g/mol. The lowest BCUT2D eigenvalue weighted by atomic mass is 10.1. The minimum atomic E-state index is -3.09. The Morgan fingerprint density at radius 2 is 2.23 bits per heavy atom. The number of likely N-dealkylation sites (tertiary alicyclic amines) is 1. The van der Waals surface area contributed by atoms with Gasteiger partial charge in [-0.1, -0.05) is 12.1 Å². The number of sulfone groups is 1. The maximum absolute atomic E-state index is 13.0. The molecule has 2 amide bonds. The highest BCUT2D eigenvalue weighted by Gasteiger charge is 2.32. The summed E-state index contributed by atoms with van der Waals surface area (Å²) in [5.41, 5.74) is 0.896. The van der Waals surface area contributed by atoms with E-state index in [4.69, 9.17) is 0 Å². The van der Waals surface area contributed by atoms with Gasteiger partial charge in [0.2, 0.25) is 0 Å². The van der Waals surface area contributed by atoms with Crippen molar-refractivity contribution in [2.45, 2.75) is 24.5 Å². The molecule has 22 heavy (non-hydrogen) atoms. The fraction of sp³-hybridized carbons (Fsp3) is 0.533. The number of hydrogen-bond acceptors (Lipinski definition) is 3. The number of nitrogens with zero attached hydrogens (tertiary/aromatic N) is 1. The number of rotatable bonds is 5. The fourth-order valence-corrected chi connectivity index (χ4v) is 3.54. The molecular weight excluding hydrogens is 307 g/mol. The second-order valence-electron chi connectivity index (χ2n) is 5.65. The standard InChI is InChI=1S/C15H21FN2O3S/c1-22(20,21)14-7-9-18(11-14)15(19)17-8-3-5-12-4-2-6-13(16)10-12/h2,4,6,10,14H,3,5,7-9,11H2,1H3,(H,17,19)/t14-/m0/s1.